The van der Waals surface area contributed by atoms with Gasteiger partial charge in [0.1, 0.15) is 11.9 Å². The molecule has 20 heavy (non-hydrogen) atoms. The smallest absolute Gasteiger partial charge is 0.165 e. The van der Waals surface area contributed by atoms with Crippen molar-refractivity contribution in [3.8, 4) is 6.07 Å². The fourth-order valence-electron chi connectivity index (χ4n) is 1.91. The fraction of sp³-hybridized carbons (Fsp3) is 0.200. The maximum absolute atomic E-state index is 9.45. The van der Waals surface area contributed by atoms with Gasteiger partial charge in [0, 0.05) is 0 Å². The Morgan fingerprint density at radius 3 is 2.65 bits per heavy atom. The predicted octanol–water partition coefficient (Wildman–Crippen LogP) is 1.55. The molecule has 5 heteroatoms. The molecule has 4 N–H and O–H groups in total. The Morgan fingerprint density at radius 2 is 2.00 bits per heavy atom. The summed E-state index contributed by atoms with van der Waals surface area (Å²) in [5.41, 5.74) is 7.28. The van der Waals surface area contributed by atoms with Gasteiger partial charge < -0.3 is 16.2 Å². The Hall–Kier alpha value is -2.58. The molecule has 0 spiro atoms. The third-order valence-corrected chi connectivity index (χ3v) is 2.93. The molecular weight excluding hydrogens is 252 g/mol. The van der Waals surface area contributed by atoms with Gasteiger partial charge >= 0.3 is 0 Å². The molecule has 0 bridgehead atoms. The summed E-state index contributed by atoms with van der Waals surface area (Å²) in [6, 6.07) is 15.0. The van der Waals surface area contributed by atoms with Crippen molar-refractivity contribution in [2.45, 2.75) is 12.5 Å². The lowest BCUT2D eigenvalue weighted by Gasteiger charge is -2.17. The molecule has 1 atom stereocenters. The van der Waals surface area contributed by atoms with Gasteiger partial charge in [-0.05, 0) is 24.1 Å². The number of aromatic nitrogens is 1. The van der Waals surface area contributed by atoms with Gasteiger partial charge in [0.05, 0.1) is 18.3 Å². The minimum Gasteiger partial charge on any atom is -0.396 e. The lowest BCUT2D eigenvalue weighted by atomic mass is 10.1. The molecule has 1 heterocycles. The number of nitrogen functional groups attached to an aromatic ring is 1. The van der Waals surface area contributed by atoms with E-state index in [1.807, 2.05) is 36.4 Å². The van der Waals surface area contributed by atoms with E-state index in [-0.39, 0.29) is 18.3 Å². The highest BCUT2D eigenvalue weighted by Crippen LogP contribution is 2.14. The van der Waals surface area contributed by atoms with Gasteiger partial charge in [-0.1, -0.05) is 30.3 Å². The second-order valence-electron chi connectivity index (χ2n) is 4.46. The Morgan fingerprint density at radius 1 is 1.25 bits per heavy atom. The van der Waals surface area contributed by atoms with Crippen LogP contribution in [0.25, 0.3) is 0 Å². The first-order chi connectivity index (χ1) is 9.72. The Bertz CT molecular complexity index is 607. The zero-order valence-corrected chi connectivity index (χ0v) is 11.0. The van der Waals surface area contributed by atoms with E-state index in [1.165, 1.54) is 0 Å². The van der Waals surface area contributed by atoms with Crippen LogP contribution in [0.1, 0.15) is 11.3 Å². The number of nitrogens with one attached hydrogen (secondary N) is 1. The van der Waals surface area contributed by atoms with E-state index in [4.69, 9.17) is 11.0 Å². The SMILES string of the molecule is N#Cc1nc(NC(CO)Cc2ccccc2)ccc1N. The topological polar surface area (TPSA) is 95.0 Å². The van der Waals surface area contributed by atoms with E-state index in [1.54, 1.807) is 12.1 Å². The molecule has 1 aromatic carbocycles. The van der Waals surface area contributed by atoms with Gasteiger partial charge in [-0.25, -0.2) is 4.98 Å². The first kappa shape index (κ1) is 13.8. The normalized spacial score (nSPS) is 11.6. The van der Waals surface area contributed by atoms with Crippen LogP contribution in [0, 0.1) is 11.3 Å². The molecule has 2 rings (SSSR count). The summed E-state index contributed by atoms with van der Waals surface area (Å²) in [6.45, 7) is -0.0250. The molecule has 1 unspecified atom stereocenters. The zero-order chi connectivity index (χ0) is 14.4. The molecule has 0 saturated carbocycles. The van der Waals surface area contributed by atoms with Crippen molar-refractivity contribution in [2.24, 2.45) is 0 Å². The van der Waals surface area contributed by atoms with Crippen LogP contribution in [0.15, 0.2) is 42.5 Å². The number of aliphatic hydroxyl groups is 1. The number of pyridine rings is 1. The second-order valence-corrected chi connectivity index (χ2v) is 4.46. The first-order valence-corrected chi connectivity index (χ1v) is 6.31. The molecule has 2 aromatic rings. The first-order valence-electron chi connectivity index (χ1n) is 6.31. The zero-order valence-electron chi connectivity index (χ0n) is 11.0. The van der Waals surface area contributed by atoms with Crippen LogP contribution in [-0.4, -0.2) is 22.7 Å². The average Bonchev–Trinajstić information content (AvgIpc) is 2.49. The van der Waals surface area contributed by atoms with E-state index < -0.39 is 0 Å². The summed E-state index contributed by atoms with van der Waals surface area (Å²) in [4.78, 5) is 4.11. The van der Waals surface area contributed by atoms with E-state index >= 15 is 0 Å². The van der Waals surface area contributed by atoms with Crippen molar-refractivity contribution in [2.75, 3.05) is 17.7 Å². The van der Waals surface area contributed by atoms with Crippen LogP contribution in [0.4, 0.5) is 11.5 Å². The summed E-state index contributed by atoms with van der Waals surface area (Å²) in [5, 5.41) is 21.5. The highest BCUT2D eigenvalue weighted by molar-refractivity contribution is 5.54. The van der Waals surface area contributed by atoms with E-state index in [2.05, 4.69) is 10.3 Å². The number of rotatable bonds is 5. The van der Waals surface area contributed by atoms with Crippen LogP contribution < -0.4 is 11.1 Å². The van der Waals surface area contributed by atoms with Crippen molar-refractivity contribution in [1.82, 2.24) is 4.98 Å². The molecular formula is C15H16N4O. The molecule has 0 saturated heterocycles. The van der Waals surface area contributed by atoms with Crippen molar-refractivity contribution >= 4 is 11.5 Å². The van der Waals surface area contributed by atoms with Gasteiger partial charge in [0.15, 0.2) is 5.69 Å². The molecule has 0 aliphatic carbocycles. The van der Waals surface area contributed by atoms with Crippen molar-refractivity contribution < 1.29 is 5.11 Å². The van der Waals surface area contributed by atoms with Crippen molar-refractivity contribution in [3.63, 3.8) is 0 Å². The molecule has 1 aromatic heterocycles. The number of nitrogens with two attached hydrogens (primary N) is 1. The highest BCUT2D eigenvalue weighted by Gasteiger charge is 2.10. The Labute approximate surface area is 117 Å². The van der Waals surface area contributed by atoms with Crippen LogP contribution in [0.3, 0.4) is 0 Å². The maximum atomic E-state index is 9.45. The minimum absolute atomic E-state index is 0.0250. The lowest BCUT2D eigenvalue weighted by molar-refractivity contribution is 0.273. The lowest BCUT2D eigenvalue weighted by Crippen LogP contribution is -2.27. The average molecular weight is 268 g/mol. The standard InChI is InChI=1S/C15H16N4O/c16-9-14-13(17)6-7-15(19-14)18-12(10-20)8-11-4-2-1-3-5-11/h1-7,12,20H,8,10,17H2,(H,18,19). The van der Waals surface area contributed by atoms with Gasteiger partial charge in [-0.2, -0.15) is 5.26 Å². The van der Waals surface area contributed by atoms with E-state index in [0.29, 0.717) is 17.9 Å². The Balaban J connectivity index is 2.09. The number of nitriles is 1. The van der Waals surface area contributed by atoms with Gasteiger partial charge in [-0.3, -0.25) is 0 Å². The number of anilines is 2. The van der Waals surface area contributed by atoms with Gasteiger partial charge in [-0.15, -0.1) is 0 Å². The summed E-state index contributed by atoms with van der Waals surface area (Å²) >= 11 is 0. The quantitative estimate of drug-likeness (QED) is 0.764. The largest absolute Gasteiger partial charge is 0.396 e. The Kier molecular flexibility index (Phi) is 4.53. The molecule has 0 amide bonds. The summed E-state index contributed by atoms with van der Waals surface area (Å²) < 4.78 is 0. The van der Waals surface area contributed by atoms with Gasteiger partial charge in [0.25, 0.3) is 0 Å². The van der Waals surface area contributed by atoms with E-state index in [9.17, 15) is 5.11 Å². The number of nitrogens with zero attached hydrogens (tertiary/aromatic N) is 2. The van der Waals surface area contributed by atoms with Crippen LogP contribution in [0.2, 0.25) is 0 Å². The third-order valence-electron chi connectivity index (χ3n) is 2.93. The van der Waals surface area contributed by atoms with Gasteiger partial charge in [0.2, 0.25) is 0 Å². The van der Waals surface area contributed by atoms with Crippen molar-refractivity contribution in [3.05, 3.63) is 53.7 Å². The molecule has 0 radical (unpaired) electrons. The van der Waals surface area contributed by atoms with Crippen LogP contribution >= 0.6 is 0 Å². The molecule has 0 aliphatic heterocycles. The number of hydrogen-bond donors (Lipinski definition) is 3. The predicted molar refractivity (Wildman–Crippen MR) is 78.0 cm³/mol. The summed E-state index contributed by atoms with van der Waals surface area (Å²) in [6.07, 6.45) is 0.672. The highest BCUT2D eigenvalue weighted by atomic mass is 16.3. The third kappa shape index (κ3) is 3.46. The van der Waals surface area contributed by atoms with Crippen LogP contribution in [-0.2, 0) is 6.42 Å². The van der Waals surface area contributed by atoms with Crippen LogP contribution in [0.5, 0.6) is 0 Å². The molecule has 0 fully saturated rings. The molecule has 0 aliphatic rings. The second kappa shape index (κ2) is 6.55. The summed E-state index contributed by atoms with van der Waals surface area (Å²) in [5.74, 6) is 0.533. The molecule has 5 nitrogen and oxygen atoms in total. The summed E-state index contributed by atoms with van der Waals surface area (Å²) in [7, 11) is 0. The number of aliphatic hydroxyl groups excluding tert-OH is 1. The van der Waals surface area contributed by atoms with E-state index in [0.717, 1.165) is 5.56 Å². The number of hydrogen-bond acceptors (Lipinski definition) is 5. The molecule has 102 valence electrons. The number of benzene rings is 1. The fourth-order valence-corrected chi connectivity index (χ4v) is 1.91. The minimum atomic E-state index is -0.167. The van der Waals surface area contributed by atoms with Crippen molar-refractivity contribution in [1.29, 1.82) is 5.26 Å². The maximum Gasteiger partial charge on any atom is 0.165 e. The monoisotopic (exact) mass is 268 g/mol.